The molecule has 28 heavy (non-hydrogen) atoms. The van der Waals surface area contributed by atoms with Crippen LogP contribution in [0, 0.1) is 0 Å². The molecule has 2 aromatic heterocycles. The number of nitrogens with zero attached hydrogens (tertiary/aromatic N) is 3. The lowest BCUT2D eigenvalue weighted by molar-refractivity contribution is -0.136. The first-order valence-electron chi connectivity index (χ1n) is 8.48. The van der Waals surface area contributed by atoms with Gasteiger partial charge in [-0.1, -0.05) is 42.5 Å². The molecule has 0 aliphatic heterocycles. The number of H-pyrrole nitrogens is 1. The maximum absolute atomic E-state index is 12.6. The van der Waals surface area contributed by atoms with E-state index < -0.39 is 5.97 Å². The highest BCUT2D eigenvalue weighted by Crippen LogP contribution is 2.21. The molecule has 2 aromatic carbocycles. The second-order valence-corrected chi connectivity index (χ2v) is 6.08. The number of aromatic amines is 1. The fourth-order valence-electron chi connectivity index (χ4n) is 2.86. The van der Waals surface area contributed by atoms with Gasteiger partial charge in [-0.2, -0.15) is 4.98 Å². The minimum Gasteiger partial charge on any atom is -0.481 e. The van der Waals surface area contributed by atoms with E-state index in [0.29, 0.717) is 22.4 Å². The number of fused-ring (bicyclic) bond motifs is 1. The lowest BCUT2D eigenvalue weighted by Gasteiger charge is -2.05. The van der Waals surface area contributed by atoms with Crippen LogP contribution in [0.4, 0.5) is 5.95 Å². The zero-order valence-corrected chi connectivity index (χ0v) is 14.6. The number of anilines is 1. The van der Waals surface area contributed by atoms with E-state index >= 15 is 0 Å². The minimum absolute atomic E-state index is 0.178. The van der Waals surface area contributed by atoms with Crippen molar-refractivity contribution < 1.29 is 14.7 Å². The van der Waals surface area contributed by atoms with Crippen LogP contribution in [0.1, 0.15) is 16.1 Å². The summed E-state index contributed by atoms with van der Waals surface area (Å²) in [7, 11) is 0. The van der Waals surface area contributed by atoms with Gasteiger partial charge in [-0.15, -0.1) is 0 Å². The van der Waals surface area contributed by atoms with Crippen molar-refractivity contribution in [1.82, 2.24) is 19.9 Å². The smallest absolute Gasteiger partial charge is 0.309 e. The maximum atomic E-state index is 12.6. The third-order valence-corrected chi connectivity index (χ3v) is 4.15. The first-order chi connectivity index (χ1) is 13.6. The molecule has 0 fully saturated rings. The third-order valence-electron chi connectivity index (χ3n) is 4.15. The highest BCUT2D eigenvalue weighted by atomic mass is 16.4. The Morgan fingerprint density at radius 1 is 1.00 bits per heavy atom. The molecule has 0 saturated carbocycles. The summed E-state index contributed by atoms with van der Waals surface area (Å²) in [5.74, 6) is -1.18. The highest BCUT2D eigenvalue weighted by Gasteiger charge is 2.15. The second-order valence-electron chi connectivity index (χ2n) is 6.08. The Morgan fingerprint density at radius 3 is 2.57 bits per heavy atom. The summed E-state index contributed by atoms with van der Waals surface area (Å²) in [5.41, 5.74) is 3.38. The molecule has 4 rings (SSSR count). The van der Waals surface area contributed by atoms with Crippen molar-refractivity contribution in [2.24, 2.45) is 0 Å². The van der Waals surface area contributed by atoms with Gasteiger partial charge in [0.15, 0.2) is 5.65 Å². The van der Waals surface area contributed by atoms with E-state index in [-0.39, 0.29) is 18.3 Å². The van der Waals surface area contributed by atoms with Crippen LogP contribution < -0.4 is 5.32 Å². The van der Waals surface area contributed by atoms with Gasteiger partial charge in [-0.05, 0) is 23.3 Å². The molecule has 8 heteroatoms. The number of carbonyl (C=O) groups excluding carboxylic acids is 1. The fourth-order valence-corrected chi connectivity index (χ4v) is 2.86. The van der Waals surface area contributed by atoms with Gasteiger partial charge in [0.1, 0.15) is 11.8 Å². The summed E-state index contributed by atoms with van der Waals surface area (Å²) in [4.78, 5) is 38.7. The normalized spacial score (nSPS) is 10.7. The van der Waals surface area contributed by atoms with E-state index in [4.69, 9.17) is 5.11 Å². The van der Waals surface area contributed by atoms with Gasteiger partial charge in [0.2, 0.25) is 5.95 Å². The molecule has 0 radical (unpaired) electrons. The van der Waals surface area contributed by atoms with Crippen molar-refractivity contribution in [1.29, 1.82) is 0 Å². The summed E-state index contributed by atoms with van der Waals surface area (Å²) in [6, 6.07) is 17.0. The summed E-state index contributed by atoms with van der Waals surface area (Å²) in [6.45, 7) is 0. The Labute approximate surface area is 159 Å². The first kappa shape index (κ1) is 17.3. The van der Waals surface area contributed by atoms with Crippen LogP contribution in [-0.4, -0.2) is 36.9 Å². The second kappa shape index (κ2) is 7.28. The molecule has 0 aliphatic carbocycles. The number of rotatable bonds is 5. The van der Waals surface area contributed by atoms with Crippen molar-refractivity contribution in [3.63, 3.8) is 0 Å². The Morgan fingerprint density at radius 2 is 1.79 bits per heavy atom. The van der Waals surface area contributed by atoms with Gasteiger partial charge in [0, 0.05) is 5.56 Å². The zero-order chi connectivity index (χ0) is 19.5. The first-order valence-corrected chi connectivity index (χ1v) is 8.48. The quantitative estimate of drug-likeness (QED) is 0.495. The Hall–Kier alpha value is -4.07. The van der Waals surface area contributed by atoms with Gasteiger partial charge in [0.05, 0.1) is 12.1 Å². The summed E-state index contributed by atoms with van der Waals surface area (Å²) < 4.78 is 0. The standard InChI is InChI=1S/C20H15N5O3/c26-16(27)10-15-17-18(22-11-21-15)24-20(23-17)25-19(28)14-8-4-7-13(9-14)12-5-2-1-3-6-12/h1-9,11H,10H2,(H,26,27)(H2,21,22,23,24,25,28). The van der Waals surface area contributed by atoms with Gasteiger partial charge < -0.3 is 10.1 Å². The van der Waals surface area contributed by atoms with Crippen LogP contribution in [0.15, 0.2) is 60.9 Å². The molecular weight excluding hydrogens is 358 g/mol. The number of carboxylic acids is 1. The number of carboxylic acid groups (broad SMARTS) is 1. The van der Waals surface area contributed by atoms with Crippen LogP contribution >= 0.6 is 0 Å². The van der Waals surface area contributed by atoms with E-state index in [1.54, 1.807) is 12.1 Å². The monoisotopic (exact) mass is 373 g/mol. The Balaban J connectivity index is 1.60. The molecule has 0 saturated heterocycles. The number of carbonyl (C=O) groups is 2. The van der Waals surface area contributed by atoms with Crippen molar-refractivity contribution in [2.45, 2.75) is 6.42 Å². The molecule has 4 aromatic rings. The number of hydrogen-bond acceptors (Lipinski definition) is 5. The van der Waals surface area contributed by atoms with Crippen LogP contribution in [0.5, 0.6) is 0 Å². The number of aromatic nitrogens is 4. The maximum Gasteiger partial charge on any atom is 0.309 e. The van der Waals surface area contributed by atoms with E-state index in [1.165, 1.54) is 6.33 Å². The van der Waals surface area contributed by atoms with Gasteiger partial charge in [-0.25, -0.2) is 9.97 Å². The van der Waals surface area contributed by atoms with Gasteiger partial charge >= 0.3 is 5.97 Å². The third kappa shape index (κ3) is 3.56. The number of benzene rings is 2. The molecular formula is C20H15N5O3. The number of nitrogens with one attached hydrogen (secondary N) is 2. The van der Waals surface area contributed by atoms with Gasteiger partial charge in [0.25, 0.3) is 5.91 Å². The molecule has 8 nitrogen and oxygen atoms in total. The minimum atomic E-state index is -1.02. The largest absolute Gasteiger partial charge is 0.481 e. The van der Waals surface area contributed by atoms with E-state index in [9.17, 15) is 9.59 Å². The van der Waals surface area contributed by atoms with Crippen molar-refractivity contribution in [2.75, 3.05) is 5.32 Å². The Bertz CT molecular complexity index is 1170. The van der Waals surface area contributed by atoms with Crippen LogP contribution in [0.25, 0.3) is 22.3 Å². The average Bonchev–Trinajstić information content (AvgIpc) is 3.12. The van der Waals surface area contributed by atoms with Crippen LogP contribution in [0.3, 0.4) is 0 Å². The molecule has 0 bridgehead atoms. The predicted octanol–water partition coefficient (Wildman–Crippen LogP) is 2.90. The zero-order valence-electron chi connectivity index (χ0n) is 14.6. The summed E-state index contributed by atoms with van der Waals surface area (Å²) in [5, 5.41) is 11.7. The fraction of sp³-hybridized carbons (Fsp3) is 0.0500. The van der Waals surface area contributed by atoms with Crippen LogP contribution in [-0.2, 0) is 11.2 Å². The topological polar surface area (TPSA) is 121 Å². The predicted molar refractivity (Wildman–Crippen MR) is 103 cm³/mol. The molecule has 1 amide bonds. The van der Waals surface area contributed by atoms with Crippen molar-refractivity contribution >= 4 is 29.0 Å². The molecule has 138 valence electrons. The van der Waals surface area contributed by atoms with Crippen LogP contribution in [0.2, 0.25) is 0 Å². The van der Waals surface area contributed by atoms with Crippen molar-refractivity contribution in [3.05, 3.63) is 72.2 Å². The molecule has 0 atom stereocenters. The van der Waals surface area contributed by atoms with E-state index in [1.807, 2.05) is 42.5 Å². The highest BCUT2D eigenvalue weighted by molar-refractivity contribution is 6.04. The molecule has 2 heterocycles. The lowest BCUT2D eigenvalue weighted by Crippen LogP contribution is -2.13. The summed E-state index contributed by atoms with van der Waals surface area (Å²) >= 11 is 0. The summed E-state index contributed by atoms with van der Waals surface area (Å²) in [6.07, 6.45) is 0.976. The average molecular weight is 373 g/mol. The molecule has 3 N–H and O–H groups in total. The van der Waals surface area contributed by atoms with Gasteiger partial charge in [-0.3, -0.25) is 14.9 Å². The number of amides is 1. The molecule has 0 unspecified atom stereocenters. The van der Waals surface area contributed by atoms with Crippen molar-refractivity contribution in [3.8, 4) is 11.1 Å². The SMILES string of the molecule is O=C(O)Cc1ncnc2nc(NC(=O)c3cccc(-c4ccccc4)c3)[nH]c12. The number of aliphatic carboxylic acids is 1. The van der Waals surface area contributed by atoms with E-state index in [2.05, 4.69) is 25.3 Å². The van der Waals surface area contributed by atoms with E-state index in [0.717, 1.165) is 11.1 Å². The molecule has 0 spiro atoms. The molecule has 0 aliphatic rings. The Kier molecular flexibility index (Phi) is 4.51. The lowest BCUT2D eigenvalue weighted by atomic mass is 10.0. The number of hydrogen-bond donors (Lipinski definition) is 3. The number of imidazole rings is 1.